The maximum atomic E-state index is 13.4. The van der Waals surface area contributed by atoms with E-state index < -0.39 is 13.1 Å². The number of unbranched alkanes of at least 4 members (excludes halogenated alkanes) is 7. The number of nitrogens with zero attached hydrogens (tertiary/aromatic N) is 1. The number of hydrogen-bond acceptors (Lipinski definition) is 4. The monoisotopic (exact) mass is 297 g/mol. The maximum absolute atomic E-state index is 13.4. The molecule has 4 nitrogen and oxygen atoms in total. The number of halogens is 1. The standard InChI is InChI=1S/C15H25BFNO3/c1-2-3-4-5-6-7-8-9-12-21-14-11-10-13(16(19)20)15(17)18-14/h10-11,19-20H,2-9,12H2,1H3. The molecule has 0 aliphatic heterocycles. The topological polar surface area (TPSA) is 62.6 Å². The van der Waals surface area contributed by atoms with E-state index in [1.807, 2.05) is 0 Å². The van der Waals surface area contributed by atoms with Gasteiger partial charge >= 0.3 is 7.12 Å². The summed E-state index contributed by atoms with van der Waals surface area (Å²) in [5.74, 6) is -0.724. The summed E-state index contributed by atoms with van der Waals surface area (Å²) < 4.78 is 18.7. The summed E-state index contributed by atoms with van der Waals surface area (Å²) in [6.45, 7) is 2.71. The fraction of sp³-hybridized carbons (Fsp3) is 0.667. The van der Waals surface area contributed by atoms with Crippen molar-refractivity contribution in [2.24, 2.45) is 0 Å². The molecule has 1 heterocycles. The molecule has 0 fully saturated rings. The summed E-state index contributed by atoms with van der Waals surface area (Å²) >= 11 is 0. The van der Waals surface area contributed by atoms with Gasteiger partial charge in [-0.3, -0.25) is 0 Å². The van der Waals surface area contributed by atoms with Crippen LogP contribution in [0.3, 0.4) is 0 Å². The highest BCUT2D eigenvalue weighted by Gasteiger charge is 2.17. The minimum atomic E-state index is -1.85. The maximum Gasteiger partial charge on any atom is 0.493 e. The van der Waals surface area contributed by atoms with E-state index in [9.17, 15) is 4.39 Å². The second kappa shape index (κ2) is 10.6. The largest absolute Gasteiger partial charge is 0.493 e. The van der Waals surface area contributed by atoms with Crippen LogP contribution in [-0.4, -0.2) is 28.8 Å². The molecule has 0 bridgehead atoms. The predicted molar refractivity (Wildman–Crippen MR) is 82.1 cm³/mol. The Morgan fingerprint density at radius 1 is 1.05 bits per heavy atom. The van der Waals surface area contributed by atoms with Crippen molar-refractivity contribution in [3.63, 3.8) is 0 Å². The lowest BCUT2D eigenvalue weighted by Gasteiger charge is -2.07. The molecule has 1 rings (SSSR count). The summed E-state index contributed by atoms with van der Waals surface area (Å²) in [6.07, 6.45) is 9.68. The Kier molecular flexibility index (Phi) is 9.02. The van der Waals surface area contributed by atoms with Gasteiger partial charge in [0.25, 0.3) is 0 Å². The van der Waals surface area contributed by atoms with Crippen LogP contribution in [-0.2, 0) is 0 Å². The van der Waals surface area contributed by atoms with Crippen molar-refractivity contribution in [2.45, 2.75) is 58.3 Å². The number of rotatable bonds is 11. The molecule has 0 spiro atoms. The van der Waals surface area contributed by atoms with Crippen molar-refractivity contribution in [2.75, 3.05) is 6.61 Å². The normalized spacial score (nSPS) is 10.7. The summed E-state index contributed by atoms with van der Waals surface area (Å²) in [4.78, 5) is 3.55. The van der Waals surface area contributed by atoms with Gasteiger partial charge in [-0.05, 0) is 6.42 Å². The number of pyridine rings is 1. The molecular formula is C15H25BFNO3. The molecular weight excluding hydrogens is 272 g/mol. The highest BCUT2D eigenvalue weighted by Crippen LogP contribution is 2.10. The van der Waals surface area contributed by atoms with E-state index >= 15 is 0 Å². The molecule has 0 aliphatic rings. The van der Waals surface area contributed by atoms with Gasteiger partial charge in [0.05, 0.1) is 6.61 Å². The van der Waals surface area contributed by atoms with Crippen molar-refractivity contribution in [3.05, 3.63) is 18.1 Å². The lowest BCUT2D eigenvalue weighted by Crippen LogP contribution is -2.33. The molecule has 0 radical (unpaired) electrons. The summed E-state index contributed by atoms with van der Waals surface area (Å²) in [7, 11) is -1.85. The zero-order valence-corrected chi connectivity index (χ0v) is 12.7. The van der Waals surface area contributed by atoms with Crippen molar-refractivity contribution in [1.82, 2.24) is 4.98 Å². The van der Waals surface area contributed by atoms with Gasteiger partial charge in [-0.25, -0.2) is 0 Å². The first-order chi connectivity index (χ1) is 10.1. The fourth-order valence-electron chi connectivity index (χ4n) is 2.11. The van der Waals surface area contributed by atoms with Gasteiger partial charge in [-0.1, -0.05) is 57.9 Å². The predicted octanol–water partition coefficient (Wildman–Crippen LogP) is 2.42. The Morgan fingerprint density at radius 3 is 2.24 bits per heavy atom. The van der Waals surface area contributed by atoms with Crippen LogP contribution in [0.1, 0.15) is 58.3 Å². The Hall–Kier alpha value is -1.14. The quantitative estimate of drug-likeness (QED) is 0.374. The van der Waals surface area contributed by atoms with Crippen molar-refractivity contribution in [3.8, 4) is 5.88 Å². The third kappa shape index (κ3) is 7.43. The van der Waals surface area contributed by atoms with E-state index in [1.165, 1.54) is 50.7 Å². The third-order valence-electron chi connectivity index (χ3n) is 3.38. The van der Waals surface area contributed by atoms with E-state index in [2.05, 4.69) is 11.9 Å². The molecule has 0 amide bonds. The second-order valence-corrected chi connectivity index (χ2v) is 5.23. The molecule has 21 heavy (non-hydrogen) atoms. The van der Waals surface area contributed by atoms with Crippen molar-refractivity contribution in [1.29, 1.82) is 0 Å². The molecule has 118 valence electrons. The Morgan fingerprint density at radius 2 is 1.67 bits per heavy atom. The summed E-state index contributed by atoms with van der Waals surface area (Å²) in [5.41, 5.74) is -0.241. The Bertz CT molecular complexity index is 405. The van der Waals surface area contributed by atoms with E-state index in [1.54, 1.807) is 0 Å². The van der Waals surface area contributed by atoms with E-state index in [4.69, 9.17) is 14.8 Å². The highest BCUT2D eigenvalue weighted by molar-refractivity contribution is 6.58. The van der Waals surface area contributed by atoms with Gasteiger partial charge in [-0.15, -0.1) is 0 Å². The van der Waals surface area contributed by atoms with Crippen LogP contribution >= 0.6 is 0 Å². The molecule has 2 N–H and O–H groups in total. The van der Waals surface area contributed by atoms with Gasteiger partial charge in [0, 0.05) is 11.5 Å². The zero-order valence-electron chi connectivity index (χ0n) is 12.7. The van der Waals surface area contributed by atoms with E-state index in [0.717, 1.165) is 12.8 Å². The average Bonchev–Trinajstić information content (AvgIpc) is 2.45. The van der Waals surface area contributed by atoms with E-state index in [0.29, 0.717) is 6.61 Å². The lowest BCUT2D eigenvalue weighted by molar-refractivity contribution is 0.289. The molecule has 0 aromatic carbocycles. The van der Waals surface area contributed by atoms with Crippen LogP contribution in [0.2, 0.25) is 0 Å². The first-order valence-electron chi connectivity index (χ1n) is 7.80. The van der Waals surface area contributed by atoms with Crippen LogP contribution in [0.5, 0.6) is 5.88 Å². The minimum Gasteiger partial charge on any atom is -0.478 e. The molecule has 0 aliphatic carbocycles. The minimum absolute atomic E-state index is 0.180. The van der Waals surface area contributed by atoms with Crippen molar-refractivity contribution < 1.29 is 19.2 Å². The molecule has 0 atom stereocenters. The van der Waals surface area contributed by atoms with Crippen LogP contribution in [0, 0.1) is 5.95 Å². The SMILES string of the molecule is CCCCCCCCCCOc1ccc(B(O)O)c(F)n1. The van der Waals surface area contributed by atoms with Crippen LogP contribution in [0.15, 0.2) is 12.1 Å². The van der Waals surface area contributed by atoms with Gasteiger partial charge < -0.3 is 14.8 Å². The van der Waals surface area contributed by atoms with Crippen LogP contribution in [0.25, 0.3) is 0 Å². The highest BCUT2D eigenvalue weighted by atomic mass is 19.1. The smallest absolute Gasteiger partial charge is 0.478 e. The molecule has 1 aromatic rings. The van der Waals surface area contributed by atoms with Crippen molar-refractivity contribution >= 4 is 12.6 Å². The fourth-order valence-corrected chi connectivity index (χ4v) is 2.11. The second-order valence-electron chi connectivity index (χ2n) is 5.23. The number of ether oxygens (including phenoxy) is 1. The third-order valence-corrected chi connectivity index (χ3v) is 3.38. The molecule has 6 heteroatoms. The van der Waals surface area contributed by atoms with Gasteiger partial charge in [0.2, 0.25) is 11.8 Å². The van der Waals surface area contributed by atoms with Crippen LogP contribution < -0.4 is 10.2 Å². The summed E-state index contributed by atoms with van der Waals surface area (Å²) in [6, 6.07) is 2.72. The first-order valence-corrected chi connectivity index (χ1v) is 7.80. The molecule has 1 aromatic heterocycles. The van der Waals surface area contributed by atoms with Gasteiger partial charge in [-0.2, -0.15) is 9.37 Å². The zero-order chi connectivity index (χ0) is 15.5. The van der Waals surface area contributed by atoms with Gasteiger partial charge in [0.1, 0.15) is 0 Å². The van der Waals surface area contributed by atoms with Gasteiger partial charge in [0.15, 0.2) is 0 Å². The Balaban J connectivity index is 2.11. The Labute approximate surface area is 126 Å². The molecule has 0 saturated carbocycles. The number of aromatic nitrogens is 1. The van der Waals surface area contributed by atoms with E-state index in [-0.39, 0.29) is 11.3 Å². The average molecular weight is 297 g/mol. The summed E-state index contributed by atoms with van der Waals surface area (Å²) in [5, 5.41) is 17.8. The number of hydrogen-bond donors (Lipinski definition) is 2. The molecule has 0 unspecified atom stereocenters. The lowest BCUT2D eigenvalue weighted by atomic mass is 9.81. The molecule has 0 saturated heterocycles. The van der Waals surface area contributed by atoms with Crippen LogP contribution in [0.4, 0.5) is 4.39 Å². The first kappa shape index (κ1) is 17.9.